The quantitative estimate of drug-likeness (QED) is 0.0678. The third kappa shape index (κ3) is 11.2. The van der Waals surface area contributed by atoms with Gasteiger partial charge in [0.2, 0.25) is 0 Å². The zero-order valence-electron chi connectivity index (χ0n) is 49.3. The number of aliphatic imine (C=N–C) groups is 4. The lowest BCUT2D eigenvalue weighted by molar-refractivity contribution is 0.626. The van der Waals surface area contributed by atoms with Crippen molar-refractivity contribution in [2.45, 2.75) is 25.0 Å². The summed E-state index contributed by atoms with van der Waals surface area (Å²) in [5, 5.41) is 13.7. The number of aromatic nitrogens is 3. The minimum Gasteiger partial charge on any atom is -0.454 e. The molecule has 0 radical (unpaired) electrons. The third-order valence-electron chi connectivity index (χ3n) is 16.3. The maximum absolute atomic E-state index is 7.17. The van der Waals surface area contributed by atoms with Crippen molar-refractivity contribution in [2.24, 2.45) is 20.0 Å². The fourth-order valence-electron chi connectivity index (χ4n) is 12.1. The minimum atomic E-state index is -0.423. The molecule has 5 aromatic heterocycles. The molecule has 434 valence electrons. The van der Waals surface area contributed by atoms with Crippen LogP contribution < -0.4 is 16.0 Å². The second-order valence-electron chi connectivity index (χ2n) is 22.1. The van der Waals surface area contributed by atoms with Gasteiger partial charge in [0.1, 0.15) is 34.4 Å². The Morgan fingerprint density at radius 2 is 1.51 bits per heavy atom. The van der Waals surface area contributed by atoms with Gasteiger partial charge >= 0.3 is 0 Å². The molecule has 4 aliphatic heterocycles. The van der Waals surface area contributed by atoms with E-state index in [9.17, 15) is 0 Å². The highest BCUT2D eigenvalue weighted by Crippen LogP contribution is 2.46. The van der Waals surface area contributed by atoms with Crippen LogP contribution in [0.4, 0.5) is 0 Å². The summed E-state index contributed by atoms with van der Waals surface area (Å²) in [5.41, 5.74) is 29.3. The maximum atomic E-state index is 7.17. The van der Waals surface area contributed by atoms with E-state index in [1.807, 2.05) is 97.3 Å². The molecular formula is C79H56N10O2. The first-order chi connectivity index (χ1) is 45.1. The summed E-state index contributed by atoms with van der Waals surface area (Å²) in [4.78, 5) is 35.2. The standard InChI is InChI=1S/C79H56N10O2/c1-2-38-80-41-18-29-64-70(72(55-34-42-82-43-35-55)89-79(86-64)57-25-14-7-15-26-57)58-30-32-67-60(47-58)61-49-65(52-21-10-3-4-11-22-52)85-76(77(61)90-67)63-50-66(53-23-12-6-13-24-53)84-75-62-48-59(31-33-68(62)91-78(63)75)71-73(54-27-16-39-81-40-17-28-54)87-69(46-51-19-8-5-9-20-51)88-74(71)56-36-44-83-45-37-56/h2-10,12-16,18-26,28,30-42,44-45,47-50,73,79,82,89H,1,29,43,46H2,(H,87,88)/b41-18-,80-38?,81-39?. The summed E-state index contributed by atoms with van der Waals surface area (Å²) in [5.74, 6) is 0.807. The van der Waals surface area contributed by atoms with Crippen molar-refractivity contribution in [3.05, 3.63) is 324 Å². The summed E-state index contributed by atoms with van der Waals surface area (Å²) >= 11 is 0. The zero-order valence-corrected chi connectivity index (χ0v) is 49.3. The normalized spacial score (nSPS) is 17.1. The highest BCUT2D eigenvalue weighted by Gasteiger charge is 2.32. The number of nitrogens with zero attached hydrogens (tertiary/aromatic N) is 7. The fraction of sp³-hybridized carbons (Fsp3) is 0.0633. The summed E-state index contributed by atoms with van der Waals surface area (Å²) in [6.45, 7) is 4.49. The molecule has 12 heteroatoms. The van der Waals surface area contributed by atoms with Crippen LogP contribution in [-0.4, -0.2) is 51.5 Å². The molecule has 12 nitrogen and oxygen atoms in total. The third-order valence-corrected chi connectivity index (χ3v) is 16.3. The van der Waals surface area contributed by atoms with E-state index >= 15 is 0 Å². The molecule has 5 aromatic carbocycles. The SMILES string of the molecule is C=CC=N/C=C\CC1=NC(c2ccccc2)NC(C2=CCNC=C2)=C1c1ccc2oc3c(-c4cc(-c5ccccc5)nc5c4oc4ccc(C6=C(c7ccncc7)N=C(Cc7ccccc7)NC6C6=C=CC=NC=C=C6)cc45)nc(C4=CC=CC=C=C4)cc3c2c1. The lowest BCUT2D eigenvalue weighted by Crippen LogP contribution is -2.40. The van der Waals surface area contributed by atoms with Crippen LogP contribution >= 0.6 is 0 Å². The van der Waals surface area contributed by atoms with Crippen LogP contribution in [0.25, 0.3) is 88.9 Å². The number of fused-ring (bicyclic) bond motifs is 6. The first-order valence-corrected chi connectivity index (χ1v) is 30.1. The van der Waals surface area contributed by atoms with E-state index in [4.69, 9.17) is 28.8 Å². The summed E-state index contributed by atoms with van der Waals surface area (Å²) in [6, 6.07) is 51.5. The number of rotatable bonds is 15. The highest BCUT2D eigenvalue weighted by molar-refractivity contribution is 6.27. The number of pyridine rings is 3. The average Bonchev–Trinajstić information content (AvgIpc) is 1.74. The van der Waals surface area contributed by atoms with E-state index in [1.165, 1.54) is 0 Å². The maximum Gasteiger partial charge on any atom is 0.163 e. The molecule has 1 aliphatic carbocycles. The predicted molar refractivity (Wildman–Crippen MR) is 370 cm³/mol. The van der Waals surface area contributed by atoms with Crippen molar-refractivity contribution in [2.75, 3.05) is 6.54 Å². The lowest BCUT2D eigenvalue weighted by Gasteiger charge is -2.30. The second-order valence-corrected chi connectivity index (χ2v) is 22.1. The Hall–Kier alpha value is -12.3. The van der Waals surface area contributed by atoms with Crippen LogP contribution in [0.15, 0.2) is 319 Å². The average molecular weight is 1180 g/mol. The van der Waals surface area contributed by atoms with Crippen molar-refractivity contribution in [3.8, 4) is 22.5 Å². The molecule has 0 amide bonds. The summed E-state index contributed by atoms with van der Waals surface area (Å²) in [7, 11) is 0. The first-order valence-electron chi connectivity index (χ1n) is 30.1. The van der Waals surface area contributed by atoms with Crippen LogP contribution in [-0.2, 0) is 6.42 Å². The van der Waals surface area contributed by atoms with Gasteiger partial charge in [-0.3, -0.25) is 20.0 Å². The van der Waals surface area contributed by atoms with Gasteiger partial charge in [0.05, 0.1) is 46.3 Å². The topological polar surface area (TPSA) is 150 Å². The van der Waals surface area contributed by atoms with E-state index in [0.29, 0.717) is 58.5 Å². The van der Waals surface area contributed by atoms with Crippen LogP contribution in [0.5, 0.6) is 0 Å². The van der Waals surface area contributed by atoms with Crippen molar-refractivity contribution in [1.29, 1.82) is 0 Å². The van der Waals surface area contributed by atoms with Crippen LogP contribution in [0.1, 0.15) is 46.1 Å². The van der Waals surface area contributed by atoms with E-state index in [1.54, 1.807) is 43.3 Å². The molecule has 15 rings (SSSR count). The highest BCUT2D eigenvalue weighted by atomic mass is 16.3. The van der Waals surface area contributed by atoms with Gasteiger partial charge in [-0.1, -0.05) is 152 Å². The lowest BCUT2D eigenvalue weighted by atomic mass is 9.87. The number of allylic oxidation sites excluding steroid dienone is 9. The Balaban J connectivity index is 0.955. The van der Waals surface area contributed by atoms with Crippen molar-refractivity contribution in [1.82, 2.24) is 30.9 Å². The largest absolute Gasteiger partial charge is 0.454 e. The molecule has 2 unspecified atom stereocenters. The molecule has 0 fully saturated rings. The molecule has 5 aliphatic rings. The number of furan rings is 2. The van der Waals surface area contributed by atoms with Gasteiger partial charge in [0.25, 0.3) is 0 Å². The van der Waals surface area contributed by atoms with Gasteiger partial charge < -0.3 is 24.8 Å². The molecule has 0 bridgehead atoms. The second kappa shape index (κ2) is 24.8. The molecule has 91 heavy (non-hydrogen) atoms. The predicted octanol–water partition coefficient (Wildman–Crippen LogP) is 16.6. The smallest absolute Gasteiger partial charge is 0.163 e. The molecule has 2 atom stereocenters. The Morgan fingerprint density at radius 3 is 2.34 bits per heavy atom. The molecule has 0 saturated carbocycles. The van der Waals surface area contributed by atoms with Crippen LogP contribution in [0.3, 0.4) is 0 Å². The number of amidine groups is 1. The van der Waals surface area contributed by atoms with Gasteiger partial charge in [-0.05, 0) is 113 Å². The molecule has 10 aromatic rings. The number of dihydropyridines is 1. The number of benzene rings is 5. The van der Waals surface area contributed by atoms with E-state index in [2.05, 4.69) is 176 Å². The van der Waals surface area contributed by atoms with Crippen molar-refractivity contribution >= 4 is 90.4 Å². The summed E-state index contributed by atoms with van der Waals surface area (Å²) in [6.07, 6.45) is 34.9. The van der Waals surface area contributed by atoms with Gasteiger partial charge in [-0.25, -0.2) is 15.0 Å². The zero-order chi connectivity index (χ0) is 60.9. The molecule has 0 spiro atoms. The van der Waals surface area contributed by atoms with Gasteiger partial charge in [0.15, 0.2) is 11.2 Å². The summed E-state index contributed by atoms with van der Waals surface area (Å²) < 4.78 is 14.3. The van der Waals surface area contributed by atoms with Crippen LogP contribution in [0.2, 0.25) is 0 Å². The van der Waals surface area contributed by atoms with Crippen molar-refractivity contribution < 1.29 is 8.83 Å². The Labute approximate surface area is 525 Å². The monoisotopic (exact) mass is 1180 g/mol. The van der Waals surface area contributed by atoms with E-state index in [-0.39, 0.29) is 6.17 Å². The van der Waals surface area contributed by atoms with E-state index in [0.717, 1.165) is 112 Å². The fourth-order valence-corrected chi connectivity index (χ4v) is 12.1. The molecule has 0 saturated heterocycles. The molecular weight excluding hydrogens is 1120 g/mol. The van der Waals surface area contributed by atoms with Gasteiger partial charge in [0, 0.05) is 100.0 Å². The van der Waals surface area contributed by atoms with Gasteiger partial charge in [-0.2, -0.15) is 0 Å². The molecule has 9 heterocycles. The Bertz CT molecular complexity index is 5180. The minimum absolute atomic E-state index is 0.335. The number of hydrogen-bond donors (Lipinski definition) is 3. The van der Waals surface area contributed by atoms with Gasteiger partial charge in [-0.15, -0.1) is 11.5 Å². The Kier molecular flexibility index (Phi) is 15.1. The Morgan fingerprint density at radius 1 is 0.703 bits per heavy atom. The van der Waals surface area contributed by atoms with Crippen molar-refractivity contribution in [3.63, 3.8) is 0 Å². The first kappa shape index (κ1) is 55.3. The van der Waals surface area contributed by atoms with Crippen LogP contribution in [0, 0.1) is 0 Å². The van der Waals surface area contributed by atoms with E-state index < -0.39 is 6.04 Å². The molecule has 3 N–H and O–H groups in total. The number of hydrogen-bond acceptors (Lipinski definition) is 12. The number of nitrogens with one attached hydrogen (secondary N) is 3.